The highest BCUT2D eigenvalue weighted by atomic mass is 16.5. The highest BCUT2D eigenvalue weighted by Gasteiger charge is 2.30. The molecule has 1 fully saturated rings. The number of Topliss-reactive ketones (excluding diaryl/α,β-unsaturated/α-hetero) is 1. The number of amides is 2. The van der Waals surface area contributed by atoms with Crippen LogP contribution in [0.1, 0.15) is 55.2 Å². The number of carbonyl (C=O) groups is 3. The SMILES string of the molecule is CN[C@H]1Cc2cccc(c2)Oc2cccc(c2)C[C@@H](C(=O)CC2CCCC2)NC(=O)[C@H](CCc2ccccc2)NC1=O. The number of hydrogen-bond acceptors (Lipinski definition) is 5. The first-order chi connectivity index (χ1) is 20.5. The minimum absolute atomic E-state index is 0.0385. The van der Waals surface area contributed by atoms with Crippen molar-refractivity contribution in [3.63, 3.8) is 0 Å². The van der Waals surface area contributed by atoms with Crippen LogP contribution < -0.4 is 20.7 Å². The number of carbonyl (C=O) groups excluding carboxylic acids is 3. The molecule has 7 nitrogen and oxygen atoms in total. The molecule has 2 aliphatic rings. The number of nitrogens with one attached hydrogen (secondary N) is 3. The van der Waals surface area contributed by atoms with Gasteiger partial charge in [0.2, 0.25) is 11.8 Å². The molecule has 0 aromatic heterocycles. The third kappa shape index (κ3) is 8.07. The van der Waals surface area contributed by atoms with Gasteiger partial charge in [-0.1, -0.05) is 80.3 Å². The number of hydrogen-bond donors (Lipinski definition) is 3. The van der Waals surface area contributed by atoms with E-state index in [2.05, 4.69) is 16.0 Å². The minimum Gasteiger partial charge on any atom is -0.457 e. The van der Waals surface area contributed by atoms with Crippen molar-refractivity contribution >= 4 is 17.6 Å². The molecule has 4 bridgehead atoms. The van der Waals surface area contributed by atoms with Gasteiger partial charge < -0.3 is 20.7 Å². The Morgan fingerprint density at radius 1 is 0.833 bits per heavy atom. The summed E-state index contributed by atoms with van der Waals surface area (Å²) in [6.45, 7) is 0. The number of likely N-dealkylation sites (N-methyl/N-ethyl adjacent to an activating group) is 1. The second-order valence-electron chi connectivity index (χ2n) is 11.6. The zero-order valence-electron chi connectivity index (χ0n) is 24.3. The average molecular weight is 568 g/mol. The van der Waals surface area contributed by atoms with E-state index in [1.54, 1.807) is 7.05 Å². The molecule has 3 N–H and O–H groups in total. The molecule has 0 radical (unpaired) electrons. The Hall–Kier alpha value is -3.97. The first-order valence-corrected chi connectivity index (χ1v) is 15.2. The molecule has 0 unspecified atom stereocenters. The van der Waals surface area contributed by atoms with Gasteiger partial charge in [-0.3, -0.25) is 14.4 Å². The molecule has 1 heterocycles. The first kappa shape index (κ1) is 29.5. The monoisotopic (exact) mass is 567 g/mol. The van der Waals surface area contributed by atoms with Crippen LogP contribution >= 0.6 is 0 Å². The first-order valence-electron chi connectivity index (χ1n) is 15.2. The van der Waals surface area contributed by atoms with Crippen molar-refractivity contribution in [2.24, 2.45) is 5.92 Å². The average Bonchev–Trinajstić information content (AvgIpc) is 3.51. The Bertz CT molecular complexity index is 1370. The molecule has 220 valence electrons. The molecule has 1 aliphatic carbocycles. The smallest absolute Gasteiger partial charge is 0.243 e. The van der Waals surface area contributed by atoms with Gasteiger partial charge in [-0.05, 0) is 79.6 Å². The molecule has 1 aliphatic heterocycles. The van der Waals surface area contributed by atoms with Crippen molar-refractivity contribution in [3.8, 4) is 11.5 Å². The molecular weight excluding hydrogens is 526 g/mol. The van der Waals surface area contributed by atoms with Crippen LogP contribution in [0.2, 0.25) is 0 Å². The summed E-state index contributed by atoms with van der Waals surface area (Å²) in [5.41, 5.74) is 2.92. The summed E-state index contributed by atoms with van der Waals surface area (Å²) in [4.78, 5) is 41.0. The summed E-state index contributed by atoms with van der Waals surface area (Å²) < 4.78 is 6.18. The summed E-state index contributed by atoms with van der Waals surface area (Å²) in [5, 5.41) is 9.18. The van der Waals surface area contributed by atoms with E-state index in [4.69, 9.17) is 4.74 Å². The molecule has 3 aromatic rings. The van der Waals surface area contributed by atoms with Crippen LogP contribution in [0.25, 0.3) is 0 Å². The third-order valence-electron chi connectivity index (χ3n) is 8.44. The molecule has 3 atom stereocenters. The fourth-order valence-corrected chi connectivity index (χ4v) is 6.06. The second-order valence-corrected chi connectivity index (χ2v) is 11.6. The summed E-state index contributed by atoms with van der Waals surface area (Å²) in [6, 6.07) is 23.3. The summed E-state index contributed by atoms with van der Waals surface area (Å²) in [6.07, 6.45) is 6.67. The fraction of sp³-hybridized carbons (Fsp3) is 0.400. The van der Waals surface area contributed by atoms with Gasteiger partial charge in [0.25, 0.3) is 0 Å². The van der Waals surface area contributed by atoms with Crippen molar-refractivity contribution in [3.05, 3.63) is 95.6 Å². The van der Waals surface area contributed by atoms with E-state index in [1.165, 1.54) is 0 Å². The van der Waals surface area contributed by atoms with E-state index in [-0.39, 0.29) is 17.6 Å². The van der Waals surface area contributed by atoms with Crippen LogP contribution in [-0.2, 0) is 33.6 Å². The quantitative estimate of drug-likeness (QED) is 0.377. The maximum Gasteiger partial charge on any atom is 0.243 e. The number of ketones is 1. The summed E-state index contributed by atoms with van der Waals surface area (Å²) >= 11 is 0. The lowest BCUT2D eigenvalue weighted by Crippen LogP contribution is -2.55. The van der Waals surface area contributed by atoms with Crippen LogP contribution in [-0.4, -0.2) is 42.8 Å². The minimum atomic E-state index is -0.788. The highest BCUT2D eigenvalue weighted by Crippen LogP contribution is 2.29. The summed E-state index contributed by atoms with van der Waals surface area (Å²) in [5.74, 6) is 1.14. The number of ether oxygens (including phenoxy) is 1. The standard InChI is InChI=1S/C35H41N3O4/c1-36-32-22-27-14-8-16-29(20-27)42-28-15-7-13-26(19-28)21-31(33(39)23-25-11-5-6-12-25)38-34(40)30(37-35(32)41)18-17-24-9-3-2-4-10-24/h2-4,7-10,13-16,19-20,25,30-32,36H,5-6,11-12,17-18,21-23H2,1H3,(H,37,41)(H,38,40)/t30-,31-,32-/m0/s1. The van der Waals surface area contributed by atoms with Crippen LogP contribution in [0, 0.1) is 5.92 Å². The van der Waals surface area contributed by atoms with Crippen molar-refractivity contribution in [1.82, 2.24) is 16.0 Å². The lowest BCUT2D eigenvalue weighted by Gasteiger charge is -2.26. The Labute approximate surface area is 248 Å². The van der Waals surface area contributed by atoms with Gasteiger partial charge in [-0.2, -0.15) is 0 Å². The van der Waals surface area contributed by atoms with Crippen LogP contribution in [0.15, 0.2) is 78.9 Å². The summed E-state index contributed by atoms with van der Waals surface area (Å²) in [7, 11) is 1.74. The zero-order valence-corrected chi connectivity index (χ0v) is 24.3. The molecule has 5 rings (SSSR count). The lowest BCUT2D eigenvalue weighted by atomic mass is 9.93. The van der Waals surface area contributed by atoms with E-state index in [0.29, 0.717) is 49.5 Å². The van der Waals surface area contributed by atoms with Crippen molar-refractivity contribution in [2.45, 2.75) is 75.9 Å². The normalized spacial score (nSPS) is 21.7. The molecule has 2 amide bonds. The second kappa shape index (κ2) is 14.3. The van der Waals surface area contributed by atoms with Gasteiger partial charge in [0.15, 0.2) is 5.78 Å². The van der Waals surface area contributed by atoms with Gasteiger partial charge in [-0.25, -0.2) is 0 Å². The van der Waals surface area contributed by atoms with Crippen LogP contribution in [0.4, 0.5) is 0 Å². The maximum atomic E-state index is 13.9. The zero-order chi connectivity index (χ0) is 29.3. The Morgan fingerprint density at radius 3 is 2.17 bits per heavy atom. The van der Waals surface area contributed by atoms with E-state index in [1.807, 2.05) is 78.9 Å². The van der Waals surface area contributed by atoms with Gasteiger partial charge >= 0.3 is 0 Å². The van der Waals surface area contributed by atoms with Gasteiger partial charge in [-0.15, -0.1) is 0 Å². The van der Waals surface area contributed by atoms with Crippen LogP contribution in [0.5, 0.6) is 11.5 Å². The number of aryl methyl sites for hydroxylation is 1. The Morgan fingerprint density at radius 2 is 1.50 bits per heavy atom. The predicted octanol–water partition coefficient (Wildman–Crippen LogP) is 4.92. The van der Waals surface area contributed by atoms with Crippen molar-refractivity contribution in [1.29, 1.82) is 0 Å². The molecule has 0 spiro atoms. The Balaban J connectivity index is 1.46. The molecule has 1 saturated carbocycles. The van der Waals surface area contributed by atoms with Gasteiger partial charge in [0.05, 0.1) is 12.1 Å². The number of fused-ring (bicyclic) bond motifs is 4. The molecule has 42 heavy (non-hydrogen) atoms. The van der Waals surface area contributed by atoms with E-state index in [9.17, 15) is 14.4 Å². The van der Waals surface area contributed by atoms with Gasteiger partial charge in [0.1, 0.15) is 17.5 Å². The largest absolute Gasteiger partial charge is 0.457 e. The topological polar surface area (TPSA) is 96.5 Å². The number of rotatable bonds is 7. The van der Waals surface area contributed by atoms with E-state index in [0.717, 1.165) is 42.4 Å². The Kier molecular flexibility index (Phi) is 10.0. The van der Waals surface area contributed by atoms with E-state index < -0.39 is 18.1 Å². The predicted molar refractivity (Wildman–Crippen MR) is 163 cm³/mol. The molecule has 3 aromatic carbocycles. The third-order valence-corrected chi connectivity index (χ3v) is 8.44. The molecular formula is C35H41N3O4. The van der Waals surface area contributed by atoms with Crippen molar-refractivity contribution < 1.29 is 19.1 Å². The van der Waals surface area contributed by atoms with E-state index >= 15 is 0 Å². The number of benzene rings is 3. The molecule has 0 saturated heterocycles. The van der Waals surface area contributed by atoms with Crippen LogP contribution in [0.3, 0.4) is 0 Å². The maximum absolute atomic E-state index is 13.9. The molecule has 7 heteroatoms. The van der Waals surface area contributed by atoms with Crippen molar-refractivity contribution in [2.75, 3.05) is 7.05 Å². The fourth-order valence-electron chi connectivity index (χ4n) is 6.06. The highest BCUT2D eigenvalue weighted by molar-refractivity contribution is 5.94. The van der Waals surface area contributed by atoms with Gasteiger partial charge in [0, 0.05) is 6.42 Å². The lowest BCUT2D eigenvalue weighted by molar-refractivity contribution is -0.132.